The quantitative estimate of drug-likeness (QED) is 0.865. The zero-order valence-electron chi connectivity index (χ0n) is 10.1. The van der Waals surface area contributed by atoms with Gasteiger partial charge in [-0.25, -0.2) is 4.98 Å². The van der Waals surface area contributed by atoms with Crippen LogP contribution in [0.2, 0.25) is 0 Å². The van der Waals surface area contributed by atoms with Crippen LogP contribution in [-0.2, 0) is 4.74 Å². The second-order valence-electron chi connectivity index (χ2n) is 4.77. The number of ether oxygens (including phenoxy) is 1. The fourth-order valence-corrected chi connectivity index (χ4v) is 2.56. The van der Waals surface area contributed by atoms with Crippen LogP contribution >= 0.6 is 0 Å². The van der Waals surface area contributed by atoms with E-state index < -0.39 is 0 Å². The summed E-state index contributed by atoms with van der Waals surface area (Å²) in [5.74, 6) is 1.11. The van der Waals surface area contributed by atoms with Crippen molar-refractivity contribution >= 4 is 11.5 Å². The number of anilines is 2. The van der Waals surface area contributed by atoms with Gasteiger partial charge in [-0.1, -0.05) is 0 Å². The zero-order valence-corrected chi connectivity index (χ0v) is 10.1. The number of aromatic nitrogens is 1. The van der Waals surface area contributed by atoms with Crippen LogP contribution in [0.1, 0.15) is 19.3 Å². The molecule has 1 aromatic rings. The number of hydrogen-bond donors (Lipinski definition) is 1. The summed E-state index contributed by atoms with van der Waals surface area (Å²) in [6, 6.07) is 4.57. The first kappa shape index (κ1) is 10.8. The number of nitrogens with one attached hydrogen (secondary N) is 1. The molecule has 2 aliphatic heterocycles. The fourth-order valence-electron chi connectivity index (χ4n) is 2.56. The molecule has 0 aliphatic carbocycles. The average Bonchev–Trinajstić information content (AvgIpc) is 3.01. The molecule has 3 heterocycles. The van der Waals surface area contributed by atoms with Gasteiger partial charge in [0.15, 0.2) is 5.82 Å². The zero-order chi connectivity index (χ0) is 11.5. The molecular formula is C13H19N3O. The third kappa shape index (κ3) is 2.36. The van der Waals surface area contributed by atoms with Crippen LogP contribution in [0.15, 0.2) is 18.3 Å². The van der Waals surface area contributed by atoms with Crippen LogP contribution in [0, 0.1) is 0 Å². The lowest BCUT2D eigenvalue weighted by atomic mass is 10.2. The molecule has 2 fully saturated rings. The third-order valence-corrected chi connectivity index (χ3v) is 3.48. The Balaban J connectivity index is 1.77. The number of rotatable bonds is 3. The van der Waals surface area contributed by atoms with E-state index in [1.165, 1.54) is 12.8 Å². The standard InChI is InChI=1S/C13H19N3O/c1-2-8-16(7-1)13-12(4-3-6-14-13)15-11-5-9-17-10-11/h3-4,6,11,15H,1-2,5,7-10H2. The van der Waals surface area contributed by atoms with Gasteiger partial charge in [0.05, 0.1) is 18.3 Å². The molecule has 3 rings (SSSR count). The van der Waals surface area contributed by atoms with Crippen molar-refractivity contribution < 1.29 is 4.74 Å². The molecule has 0 radical (unpaired) electrons. The lowest BCUT2D eigenvalue weighted by molar-refractivity contribution is 0.195. The second kappa shape index (κ2) is 4.92. The minimum absolute atomic E-state index is 0.445. The molecule has 1 aromatic heterocycles. The second-order valence-corrected chi connectivity index (χ2v) is 4.77. The maximum Gasteiger partial charge on any atom is 0.151 e. The van der Waals surface area contributed by atoms with E-state index in [2.05, 4.69) is 21.3 Å². The molecule has 92 valence electrons. The van der Waals surface area contributed by atoms with Gasteiger partial charge in [-0.05, 0) is 31.4 Å². The normalized spacial score (nSPS) is 24.2. The molecule has 0 bridgehead atoms. The van der Waals surface area contributed by atoms with Crippen molar-refractivity contribution in [1.29, 1.82) is 0 Å². The van der Waals surface area contributed by atoms with Gasteiger partial charge in [0, 0.05) is 25.9 Å². The minimum Gasteiger partial charge on any atom is -0.379 e. The average molecular weight is 233 g/mol. The highest BCUT2D eigenvalue weighted by atomic mass is 16.5. The van der Waals surface area contributed by atoms with Crippen molar-refractivity contribution in [2.45, 2.75) is 25.3 Å². The Morgan fingerprint density at radius 1 is 1.35 bits per heavy atom. The Bertz CT molecular complexity index is 371. The Kier molecular flexibility index (Phi) is 3.14. The van der Waals surface area contributed by atoms with Crippen LogP contribution in [-0.4, -0.2) is 37.3 Å². The molecule has 0 amide bonds. The van der Waals surface area contributed by atoms with E-state index in [4.69, 9.17) is 4.74 Å². The number of pyridine rings is 1. The highest BCUT2D eigenvalue weighted by Gasteiger charge is 2.20. The summed E-state index contributed by atoms with van der Waals surface area (Å²) in [7, 11) is 0. The third-order valence-electron chi connectivity index (χ3n) is 3.48. The van der Waals surface area contributed by atoms with Gasteiger partial charge in [-0.2, -0.15) is 0 Å². The van der Waals surface area contributed by atoms with E-state index in [9.17, 15) is 0 Å². The first-order valence-corrected chi connectivity index (χ1v) is 6.48. The van der Waals surface area contributed by atoms with Gasteiger partial charge in [-0.15, -0.1) is 0 Å². The summed E-state index contributed by atoms with van der Waals surface area (Å²) in [5.41, 5.74) is 1.16. The lowest BCUT2D eigenvalue weighted by Gasteiger charge is -2.22. The van der Waals surface area contributed by atoms with E-state index in [0.717, 1.165) is 44.2 Å². The van der Waals surface area contributed by atoms with E-state index in [1.54, 1.807) is 0 Å². The Labute approximate surface area is 102 Å². The van der Waals surface area contributed by atoms with Crippen LogP contribution in [0.25, 0.3) is 0 Å². The smallest absolute Gasteiger partial charge is 0.151 e. The monoisotopic (exact) mass is 233 g/mol. The molecule has 2 aliphatic rings. The summed E-state index contributed by atoms with van der Waals surface area (Å²) in [5, 5.41) is 3.56. The topological polar surface area (TPSA) is 37.4 Å². The fraction of sp³-hybridized carbons (Fsp3) is 0.615. The van der Waals surface area contributed by atoms with Gasteiger partial charge < -0.3 is 15.0 Å². The molecule has 1 unspecified atom stereocenters. The summed E-state index contributed by atoms with van der Waals surface area (Å²) in [4.78, 5) is 6.90. The molecule has 0 aromatic carbocycles. The molecule has 0 saturated carbocycles. The molecule has 0 spiro atoms. The van der Waals surface area contributed by atoms with Crippen molar-refractivity contribution in [2.75, 3.05) is 36.5 Å². The molecule has 4 nitrogen and oxygen atoms in total. The van der Waals surface area contributed by atoms with Crippen molar-refractivity contribution in [2.24, 2.45) is 0 Å². The van der Waals surface area contributed by atoms with Crippen LogP contribution in [0.4, 0.5) is 11.5 Å². The SMILES string of the molecule is c1cnc(N2CCCC2)c(NC2CCOC2)c1. The molecular weight excluding hydrogens is 214 g/mol. The predicted molar refractivity (Wildman–Crippen MR) is 68.5 cm³/mol. The first-order chi connectivity index (χ1) is 8.43. The van der Waals surface area contributed by atoms with Crippen molar-refractivity contribution in [3.05, 3.63) is 18.3 Å². The van der Waals surface area contributed by atoms with E-state index in [0.29, 0.717) is 6.04 Å². The van der Waals surface area contributed by atoms with Crippen molar-refractivity contribution in [1.82, 2.24) is 4.98 Å². The Morgan fingerprint density at radius 2 is 2.24 bits per heavy atom. The van der Waals surface area contributed by atoms with E-state index in [-0.39, 0.29) is 0 Å². The van der Waals surface area contributed by atoms with Gasteiger partial charge in [0.25, 0.3) is 0 Å². The van der Waals surface area contributed by atoms with Crippen molar-refractivity contribution in [3.63, 3.8) is 0 Å². The summed E-state index contributed by atoms with van der Waals surface area (Å²) >= 11 is 0. The van der Waals surface area contributed by atoms with Gasteiger partial charge in [-0.3, -0.25) is 0 Å². The summed E-state index contributed by atoms with van der Waals surface area (Å²) in [6.07, 6.45) is 5.53. The Hall–Kier alpha value is -1.29. The molecule has 1 atom stereocenters. The van der Waals surface area contributed by atoms with Gasteiger partial charge in [0.2, 0.25) is 0 Å². The predicted octanol–water partition coefficient (Wildman–Crippen LogP) is 1.88. The molecule has 2 saturated heterocycles. The van der Waals surface area contributed by atoms with Crippen molar-refractivity contribution in [3.8, 4) is 0 Å². The maximum absolute atomic E-state index is 5.40. The summed E-state index contributed by atoms with van der Waals surface area (Å²) < 4.78 is 5.40. The van der Waals surface area contributed by atoms with Crippen LogP contribution in [0.3, 0.4) is 0 Å². The molecule has 1 N–H and O–H groups in total. The number of nitrogens with zero attached hydrogens (tertiary/aromatic N) is 2. The molecule has 17 heavy (non-hydrogen) atoms. The largest absolute Gasteiger partial charge is 0.379 e. The van der Waals surface area contributed by atoms with Gasteiger partial charge in [0.1, 0.15) is 0 Å². The lowest BCUT2D eigenvalue weighted by Crippen LogP contribution is -2.24. The highest BCUT2D eigenvalue weighted by Crippen LogP contribution is 2.27. The molecule has 4 heteroatoms. The van der Waals surface area contributed by atoms with Gasteiger partial charge >= 0.3 is 0 Å². The Morgan fingerprint density at radius 3 is 3.00 bits per heavy atom. The minimum atomic E-state index is 0.445. The van der Waals surface area contributed by atoms with Crippen LogP contribution < -0.4 is 10.2 Å². The van der Waals surface area contributed by atoms with E-state index in [1.807, 2.05) is 12.3 Å². The first-order valence-electron chi connectivity index (χ1n) is 6.48. The number of hydrogen-bond acceptors (Lipinski definition) is 4. The summed E-state index contributed by atoms with van der Waals surface area (Å²) in [6.45, 7) is 3.95. The maximum atomic E-state index is 5.40. The highest BCUT2D eigenvalue weighted by molar-refractivity contribution is 5.66. The van der Waals surface area contributed by atoms with E-state index >= 15 is 0 Å². The van der Waals surface area contributed by atoms with Crippen LogP contribution in [0.5, 0.6) is 0 Å².